The highest BCUT2D eigenvalue weighted by molar-refractivity contribution is 9.10. The first kappa shape index (κ1) is 15.1. The van der Waals surface area contributed by atoms with Crippen LogP contribution in [0.15, 0.2) is 53.0 Å². The van der Waals surface area contributed by atoms with E-state index in [0.717, 1.165) is 21.5 Å². The van der Waals surface area contributed by atoms with Crippen molar-refractivity contribution in [2.45, 2.75) is 12.7 Å². The number of carbonyl (C=O) groups is 1. The maximum Gasteiger partial charge on any atom is 0.234 e. The van der Waals surface area contributed by atoms with Gasteiger partial charge in [0.25, 0.3) is 0 Å². The molecule has 20 heavy (non-hydrogen) atoms. The van der Waals surface area contributed by atoms with Crippen molar-refractivity contribution in [1.29, 1.82) is 0 Å². The van der Waals surface area contributed by atoms with Crippen LogP contribution >= 0.6 is 27.7 Å². The van der Waals surface area contributed by atoms with Gasteiger partial charge in [-0.1, -0.05) is 46.3 Å². The van der Waals surface area contributed by atoms with E-state index in [1.54, 1.807) is 11.8 Å². The molecule has 2 aromatic carbocycles. The number of halogens is 1. The number of anilines is 1. The molecule has 0 spiro atoms. The molecule has 0 heterocycles. The lowest BCUT2D eigenvalue weighted by molar-refractivity contribution is -0.113. The van der Waals surface area contributed by atoms with Crippen molar-refractivity contribution < 1.29 is 4.79 Å². The highest BCUT2D eigenvalue weighted by Gasteiger charge is 2.04. The normalized spacial score (nSPS) is 10.3. The first-order chi connectivity index (χ1) is 9.65. The number of rotatable bonds is 5. The molecule has 2 nitrogen and oxygen atoms in total. The molecule has 0 radical (unpaired) electrons. The van der Waals surface area contributed by atoms with Gasteiger partial charge in [-0.25, -0.2) is 0 Å². The fraction of sp³-hybridized carbons (Fsp3) is 0.188. The van der Waals surface area contributed by atoms with Gasteiger partial charge in [-0.3, -0.25) is 4.79 Å². The van der Waals surface area contributed by atoms with Gasteiger partial charge < -0.3 is 5.32 Å². The Morgan fingerprint density at radius 3 is 2.55 bits per heavy atom. The van der Waals surface area contributed by atoms with E-state index in [2.05, 4.69) is 33.4 Å². The SMILES string of the molecule is Cc1ccccc1NC(=O)CSCc1ccc(Br)cc1. The van der Waals surface area contributed by atoms with E-state index in [1.165, 1.54) is 5.56 Å². The van der Waals surface area contributed by atoms with Gasteiger partial charge in [-0.15, -0.1) is 11.8 Å². The first-order valence-corrected chi connectivity index (χ1v) is 8.27. The third-order valence-corrected chi connectivity index (χ3v) is 4.37. The Labute approximate surface area is 132 Å². The molecule has 0 aliphatic rings. The molecule has 0 atom stereocenters. The number of benzene rings is 2. The Kier molecular flexibility index (Phi) is 5.68. The van der Waals surface area contributed by atoms with E-state index in [9.17, 15) is 4.79 Å². The highest BCUT2D eigenvalue weighted by Crippen LogP contribution is 2.17. The summed E-state index contributed by atoms with van der Waals surface area (Å²) in [5.74, 6) is 1.35. The first-order valence-electron chi connectivity index (χ1n) is 6.33. The minimum absolute atomic E-state index is 0.0430. The van der Waals surface area contributed by atoms with Gasteiger partial charge in [0.05, 0.1) is 5.75 Å². The van der Waals surface area contributed by atoms with Crippen molar-refractivity contribution in [3.8, 4) is 0 Å². The summed E-state index contributed by atoms with van der Waals surface area (Å²) in [6, 6.07) is 16.0. The van der Waals surface area contributed by atoms with Crippen molar-refractivity contribution in [3.05, 3.63) is 64.1 Å². The number of amides is 1. The molecule has 0 saturated carbocycles. The Hall–Kier alpha value is -1.26. The Morgan fingerprint density at radius 1 is 1.15 bits per heavy atom. The molecule has 2 rings (SSSR count). The zero-order chi connectivity index (χ0) is 14.4. The zero-order valence-corrected chi connectivity index (χ0v) is 13.6. The number of aryl methyl sites for hydroxylation is 1. The lowest BCUT2D eigenvalue weighted by Gasteiger charge is -2.08. The van der Waals surface area contributed by atoms with Gasteiger partial charge in [0.1, 0.15) is 0 Å². The van der Waals surface area contributed by atoms with Gasteiger partial charge in [0.15, 0.2) is 0 Å². The number of hydrogen-bond acceptors (Lipinski definition) is 2. The molecule has 0 aromatic heterocycles. The van der Waals surface area contributed by atoms with Gasteiger partial charge >= 0.3 is 0 Å². The molecule has 2 aromatic rings. The summed E-state index contributed by atoms with van der Waals surface area (Å²) in [5, 5.41) is 2.94. The number of hydrogen-bond donors (Lipinski definition) is 1. The molecule has 1 N–H and O–H groups in total. The molecular weight excluding hydrogens is 334 g/mol. The van der Waals surface area contributed by atoms with Gasteiger partial charge in [-0.2, -0.15) is 0 Å². The molecule has 1 amide bonds. The average molecular weight is 350 g/mol. The maximum absolute atomic E-state index is 11.9. The fourth-order valence-electron chi connectivity index (χ4n) is 1.74. The van der Waals surface area contributed by atoms with Crippen LogP contribution in [-0.2, 0) is 10.5 Å². The van der Waals surface area contributed by atoms with E-state index >= 15 is 0 Å². The second kappa shape index (κ2) is 7.50. The molecule has 0 aliphatic heterocycles. The standard InChI is InChI=1S/C16H16BrNOS/c1-12-4-2-3-5-15(12)18-16(19)11-20-10-13-6-8-14(17)9-7-13/h2-9H,10-11H2,1H3,(H,18,19). The number of carbonyl (C=O) groups excluding carboxylic acids is 1. The Balaban J connectivity index is 1.78. The van der Waals surface area contributed by atoms with Gasteiger partial charge in [0.2, 0.25) is 5.91 Å². The number of thioether (sulfide) groups is 1. The van der Waals surface area contributed by atoms with E-state index in [0.29, 0.717) is 5.75 Å². The summed E-state index contributed by atoms with van der Waals surface area (Å²) in [7, 11) is 0. The van der Waals surface area contributed by atoms with Gasteiger partial charge in [0, 0.05) is 15.9 Å². The van der Waals surface area contributed by atoms with E-state index in [1.807, 2.05) is 43.3 Å². The molecule has 0 fully saturated rings. The van der Waals surface area contributed by atoms with Crippen LogP contribution in [0.5, 0.6) is 0 Å². The predicted octanol–water partition coefficient (Wildman–Crippen LogP) is 4.63. The quantitative estimate of drug-likeness (QED) is 0.852. The topological polar surface area (TPSA) is 29.1 Å². The third-order valence-electron chi connectivity index (χ3n) is 2.83. The van der Waals surface area contributed by atoms with Gasteiger partial charge in [-0.05, 0) is 36.2 Å². The second-order valence-corrected chi connectivity index (χ2v) is 6.38. The summed E-state index contributed by atoms with van der Waals surface area (Å²) in [5.41, 5.74) is 3.20. The van der Waals surface area contributed by atoms with Crippen LogP contribution < -0.4 is 5.32 Å². The Bertz CT molecular complexity index is 583. The minimum atomic E-state index is 0.0430. The third kappa shape index (κ3) is 4.69. The molecule has 0 aliphatic carbocycles. The highest BCUT2D eigenvalue weighted by atomic mass is 79.9. The van der Waals surface area contributed by atoms with E-state index < -0.39 is 0 Å². The van der Waals surface area contributed by atoms with Crippen LogP contribution in [0, 0.1) is 6.92 Å². The van der Waals surface area contributed by atoms with Crippen molar-refractivity contribution in [2.75, 3.05) is 11.1 Å². The second-order valence-electron chi connectivity index (χ2n) is 4.48. The number of nitrogens with one attached hydrogen (secondary N) is 1. The lowest BCUT2D eigenvalue weighted by atomic mass is 10.2. The number of para-hydroxylation sites is 1. The Morgan fingerprint density at radius 2 is 1.85 bits per heavy atom. The van der Waals surface area contributed by atoms with Crippen molar-refractivity contribution in [2.24, 2.45) is 0 Å². The predicted molar refractivity (Wildman–Crippen MR) is 90.1 cm³/mol. The van der Waals surface area contributed by atoms with Crippen LogP contribution in [0.2, 0.25) is 0 Å². The molecule has 104 valence electrons. The molecule has 0 saturated heterocycles. The van der Waals surface area contributed by atoms with Crippen LogP contribution in [0.4, 0.5) is 5.69 Å². The summed E-state index contributed by atoms with van der Waals surface area (Å²) < 4.78 is 1.07. The van der Waals surface area contributed by atoms with Crippen LogP contribution in [0.25, 0.3) is 0 Å². The lowest BCUT2D eigenvalue weighted by Crippen LogP contribution is -2.14. The molecule has 0 bridgehead atoms. The zero-order valence-electron chi connectivity index (χ0n) is 11.2. The van der Waals surface area contributed by atoms with Crippen LogP contribution in [0.1, 0.15) is 11.1 Å². The van der Waals surface area contributed by atoms with E-state index in [4.69, 9.17) is 0 Å². The smallest absolute Gasteiger partial charge is 0.234 e. The van der Waals surface area contributed by atoms with Crippen molar-refractivity contribution in [1.82, 2.24) is 0 Å². The minimum Gasteiger partial charge on any atom is -0.325 e. The summed E-state index contributed by atoms with van der Waals surface area (Å²) in [4.78, 5) is 11.9. The fourth-order valence-corrected chi connectivity index (χ4v) is 2.79. The van der Waals surface area contributed by atoms with Crippen molar-refractivity contribution in [3.63, 3.8) is 0 Å². The summed E-state index contributed by atoms with van der Waals surface area (Å²) in [6.45, 7) is 1.99. The summed E-state index contributed by atoms with van der Waals surface area (Å²) >= 11 is 5.03. The average Bonchev–Trinajstić information content (AvgIpc) is 2.44. The van der Waals surface area contributed by atoms with Crippen LogP contribution in [0.3, 0.4) is 0 Å². The maximum atomic E-state index is 11.9. The molecular formula is C16H16BrNOS. The van der Waals surface area contributed by atoms with Crippen molar-refractivity contribution >= 4 is 39.3 Å². The van der Waals surface area contributed by atoms with Crippen LogP contribution in [-0.4, -0.2) is 11.7 Å². The summed E-state index contributed by atoms with van der Waals surface area (Å²) in [6.07, 6.45) is 0. The molecule has 4 heteroatoms. The largest absolute Gasteiger partial charge is 0.325 e. The molecule has 0 unspecified atom stereocenters. The van der Waals surface area contributed by atoms with E-state index in [-0.39, 0.29) is 5.91 Å². The monoisotopic (exact) mass is 349 g/mol.